The molecule has 1 fully saturated rings. The molecule has 0 amide bonds. The van der Waals surface area contributed by atoms with E-state index in [0.717, 1.165) is 30.4 Å². The van der Waals surface area contributed by atoms with Crippen molar-refractivity contribution in [3.8, 4) is 0 Å². The molecule has 2 aromatic rings. The number of hydrogen-bond donors (Lipinski definition) is 1. The largest absolute Gasteiger partial charge is 0.381 e. The Balaban J connectivity index is 1.59. The number of piperidine rings is 1. The molecule has 3 rings (SSSR count). The number of nitrogens with zero attached hydrogens (tertiary/aromatic N) is 2. The fourth-order valence-corrected chi connectivity index (χ4v) is 3.40. The summed E-state index contributed by atoms with van der Waals surface area (Å²) in [7, 11) is 0. The Bertz CT molecular complexity index is 592. The summed E-state index contributed by atoms with van der Waals surface area (Å²) in [6.45, 7) is 4.29. The van der Waals surface area contributed by atoms with Gasteiger partial charge in [0.25, 0.3) is 0 Å². The molecule has 21 heavy (non-hydrogen) atoms. The summed E-state index contributed by atoms with van der Waals surface area (Å²) in [6, 6.07) is 11.2. The molecule has 1 saturated heterocycles. The highest BCUT2D eigenvalue weighted by molar-refractivity contribution is 9.10. The molecule has 1 N–H and O–H groups in total. The number of benzene rings is 1. The van der Waals surface area contributed by atoms with Crippen LogP contribution in [-0.2, 0) is 0 Å². The van der Waals surface area contributed by atoms with Crippen LogP contribution in [0.2, 0.25) is 0 Å². The standard InChI is InChI=1S/C17H20BrN3/c1-13-2-3-17(16(18)12-13)20-14-6-10-21(11-7-14)15-4-8-19-9-5-15/h2-5,8-9,12,14,20H,6-7,10-11H2,1H3. The van der Waals surface area contributed by atoms with Crippen molar-refractivity contribution >= 4 is 27.3 Å². The van der Waals surface area contributed by atoms with Gasteiger partial charge in [-0.3, -0.25) is 4.98 Å². The van der Waals surface area contributed by atoms with Crippen molar-refractivity contribution in [2.45, 2.75) is 25.8 Å². The number of pyridine rings is 1. The van der Waals surface area contributed by atoms with E-state index < -0.39 is 0 Å². The highest BCUT2D eigenvalue weighted by Crippen LogP contribution is 2.27. The molecule has 0 bridgehead atoms. The Kier molecular flexibility index (Phi) is 4.44. The van der Waals surface area contributed by atoms with Crippen molar-refractivity contribution in [3.63, 3.8) is 0 Å². The van der Waals surface area contributed by atoms with Crippen LogP contribution in [-0.4, -0.2) is 24.1 Å². The quantitative estimate of drug-likeness (QED) is 0.901. The number of nitrogens with one attached hydrogen (secondary N) is 1. The third kappa shape index (κ3) is 3.56. The van der Waals surface area contributed by atoms with Crippen molar-refractivity contribution in [1.29, 1.82) is 0 Å². The van der Waals surface area contributed by atoms with Gasteiger partial charge in [0, 0.05) is 47.4 Å². The predicted molar refractivity (Wildman–Crippen MR) is 92.0 cm³/mol. The van der Waals surface area contributed by atoms with Crippen molar-refractivity contribution in [3.05, 3.63) is 52.8 Å². The van der Waals surface area contributed by atoms with Gasteiger partial charge >= 0.3 is 0 Å². The first-order valence-corrected chi connectivity index (χ1v) is 8.19. The van der Waals surface area contributed by atoms with E-state index in [-0.39, 0.29) is 0 Å². The zero-order chi connectivity index (χ0) is 14.7. The number of aromatic nitrogens is 1. The van der Waals surface area contributed by atoms with E-state index >= 15 is 0 Å². The molecule has 1 aromatic carbocycles. The molecule has 3 nitrogen and oxygen atoms in total. The number of hydrogen-bond acceptors (Lipinski definition) is 3. The number of rotatable bonds is 3. The molecule has 2 heterocycles. The average Bonchev–Trinajstić information content (AvgIpc) is 2.52. The smallest absolute Gasteiger partial charge is 0.0486 e. The molecule has 110 valence electrons. The first kappa shape index (κ1) is 14.4. The second-order valence-electron chi connectivity index (χ2n) is 5.59. The monoisotopic (exact) mass is 345 g/mol. The molecule has 0 radical (unpaired) electrons. The van der Waals surface area contributed by atoms with E-state index in [0.29, 0.717) is 6.04 Å². The number of anilines is 2. The molecular weight excluding hydrogens is 326 g/mol. The van der Waals surface area contributed by atoms with Crippen LogP contribution in [0.4, 0.5) is 11.4 Å². The van der Waals surface area contributed by atoms with E-state index in [1.54, 1.807) is 0 Å². The van der Waals surface area contributed by atoms with Gasteiger partial charge in [-0.1, -0.05) is 6.07 Å². The van der Waals surface area contributed by atoms with Crippen LogP contribution in [0.15, 0.2) is 47.2 Å². The van der Waals surface area contributed by atoms with Crippen LogP contribution in [0.25, 0.3) is 0 Å². The van der Waals surface area contributed by atoms with E-state index in [1.165, 1.54) is 16.9 Å². The van der Waals surface area contributed by atoms with Gasteiger partial charge in [-0.25, -0.2) is 0 Å². The first-order valence-electron chi connectivity index (χ1n) is 7.40. The summed E-state index contributed by atoms with van der Waals surface area (Å²) < 4.78 is 1.15. The van der Waals surface area contributed by atoms with Gasteiger partial charge in [0.2, 0.25) is 0 Å². The fraction of sp³-hybridized carbons (Fsp3) is 0.353. The Morgan fingerprint density at radius 3 is 2.52 bits per heavy atom. The summed E-state index contributed by atoms with van der Waals surface area (Å²) in [5.74, 6) is 0. The van der Waals surface area contributed by atoms with Gasteiger partial charge < -0.3 is 10.2 Å². The zero-order valence-corrected chi connectivity index (χ0v) is 13.8. The van der Waals surface area contributed by atoms with Crippen LogP contribution in [0.3, 0.4) is 0 Å². The normalized spacial score (nSPS) is 16.0. The lowest BCUT2D eigenvalue weighted by atomic mass is 10.0. The Hall–Kier alpha value is -1.55. The minimum absolute atomic E-state index is 0.544. The molecule has 1 aliphatic heterocycles. The fourth-order valence-electron chi connectivity index (χ4n) is 2.79. The maximum atomic E-state index is 4.08. The summed E-state index contributed by atoms with van der Waals surface area (Å²) in [4.78, 5) is 6.52. The van der Waals surface area contributed by atoms with E-state index in [1.807, 2.05) is 12.4 Å². The minimum atomic E-state index is 0.544. The lowest BCUT2D eigenvalue weighted by molar-refractivity contribution is 0.526. The zero-order valence-electron chi connectivity index (χ0n) is 12.2. The number of halogens is 1. The maximum absolute atomic E-state index is 4.08. The summed E-state index contributed by atoms with van der Waals surface area (Å²) in [5.41, 5.74) is 3.75. The second kappa shape index (κ2) is 6.48. The third-order valence-electron chi connectivity index (χ3n) is 4.01. The second-order valence-corrected chi connectivity index (χ2v) is 6.45. The van der Waals surface area contributed by atoms with Crippen LogP contribution in [0.5, 0.6) is 0 Å². The van der Waals surface area contributed by atoms with Crippen molar-refractivity contribution in [1.82, 2.24) is 4.98 Å². The molecule has 1 aromatic heterocycles. The molecular formula is C17H20BrN3. The third-order valence-corrected chi connectivity index (χ3v) is 4.66. The van der Waals surface area contributed by atoms with Crippen LogP contribution >= 0.6 is 15.9 Å². The summed E-state index contributed by atoms with van der Waals surface area (Å²) in [6.07, 6.45) is 6.04. The Morgan fingerprint density at radius 1 is 1.14 bits per heavy atom. The molecule has 1 aliphatic rings. The van der Waals surface area contributed by atoms with E-state index in [4.69, 9.17) is 0 Å². The van der Waals surface area contributed by atoms with Crippen LogP contribution in [0, 0.1) is 6.92 Å². The van der Waals surface area contributed by atoms with Crippen LogP contribution in [0.1, 0.15) is 18.4 Å². The molecule has 0 spiro atoms. The van der Waals surface area contributed by atoms with Crippen LogP contribution < -0.4 is 10.2 Å². The van der Waals surface area contributed by atoms with Gasteiger partial charge in [-0.2, -0.15) is 0 Å². The topological polar surface area (TPSA) is 28.2 Å². The molecule has 4 heteroatoms. The van der Waals surface area contributed by atoms with Crippen molar-refractivity contribution in [2.75, 3.05) is 23.3 Å². The van der Waals surface area contributed by atoms with Gasteiger partial charge in [0.05, 0.1) is 0 Å². The predicted octanol–water partition coefficient (Wildman–Crippen LogP) is 4.23. The highest BCUT2D eigenvalue weighted by atomic mass is 79.9. The van der Waals surface area contributed by atoms with E-state index in [9.17, 15) is 0 Å². The van der Waals surface area contributed by atoms with Gasteiger partial charge in [-0.15, -0.1) is 0 Å². The number of aryl methyl sites for hydroxylation is 1. The average molecular weight is 346 g/mol. The first-order chi connectivity index (χ1) is 10.2. The summed E-state index contributed by atoms with van der Waals surface area (Å²) in [5, 5.41) is 3.66. The Labute approximate surface area is 134 Å². The lowest BCUT2D eigenvalue weighted by Crippen LogP contribution is -2.39. The lowest BCUT2D eigenvalue weighted by Gasteiger charge is -2.34. The molecule has 0 unspecified atom stereocenters. The minimum Gasteiger partial charge on any atom is -0.381 e. The Morgan fingerprint density at radius 2 is 1.86 bits per heavy atom. The van der Waals surface area contributed by atoms with E-state index in [2.05, 4.69) is 68.4 Å². The molecule has 0 atom stereocenters. The van der Waals surface area contributed by atoms with Crippen molar-refractivity contribution in [2.24, 2.45) is 0 Å². The highest BCUT2D eigenvalue weighted by Gasteiger charge is 2.19. The summed E-state index contributed by atoms with van der Waals surface area (Å²) >= 11 is 3.64. The molecule has 0 aliphatic carbocycles. The maximum Gasteiger partial charge on any atom is 0.0486 e. The van der Waals surface area contributed by atoms with Gasteiger partial charge in [0.1, 0.15) is 0 Å². The van der Waals surface area contributed by atoms with Gasteiger partial charge in [0.15, 0.2) is 0 Å². The molecule has 0 saturated carbocycles. The SMILES string of the molecule is Cc1ccc(NC2CCN(c3ccncc3)CC2)c(Br)c1. The van der Waals surface area contributed by atoms with Gasteiger partial charge in [-0.05, 0) is 65.5 Å². The van der Waals surface area contributed by atoms with Crippen molar-refractivity contribution < 1.29 is 0 Å².